The molecule has 23 heavy (non-hydrogen) atoms. The number of hydrogen-bond acceptors (Lipinski definition) is 3. The molecule has 0 bridgehead atoms. The van der Waals surface area contributed by atoms with Crippen molar-refractivity contribution in [1.82, 2.24) is 20.0 Å². The van der Waals surface area contributed by atoms with Crippen LogP contribution in [-0.2, 0) is 12.5 Å². The van der Waals surface area contributed by atoms with Crippen molar-refractivity contribution in [1.29, 1.82) is 0 Å². The number of benzene rings is 1. The summed E-state index contributed by atoms with van der Waals surface area (Å²) in [5.74, 6) is 0.190. The zero-order chi connectivity index (χ0) is 16.8. The highest BCUT2D eigenvalue weighted by Gasteiger charge is 2.22. The Hall–Kier alpha value is -2.34. The lowest BCUT2D eigenvalue weighted by Crippen LogP contribution is -2.16. The quantitative estimate of drug-likeness (QED) is 0.754. The summed E-state index contributed by atoms with van der Waals surface area (Å²) in [6, 6.07) is 7.24. The van der Waals surface area contributed by atoms with Gasteiger partial charge in [0.25, 0.3) is 5.91 Å². The standard InChI is InChI=1S/C16H18ClN5O/c1-16(2,3)12-8-11(22(4)21-12)15(23)18-14-9-6-5-7-10(17)13(9)19-20-14/h5-8H,1-4H3,(H2,18,19,20,23). The molecule has 120 valence electrons. The molecule has 2 N–H and O–H groups in total. The molecule has 1 aromatic carbocycles. The van der Waals surface area contributed by atoms with Gasteiger partial charge in [-0.05, 0) is 18.2 Å². The van der Waals surface area contributed by atoms with E-state index in [1.807, 2.05) is 12.1 Å². The van der Waals surface area contributed by atoms with E-state index in [0.29, 0.717) is 22.1 Å². The van der Waals surface area contributed by atoms with E-state index < -0.39 is 0 Å². The molecular weight excluding hydrogens is 314 g/mol. The van der Waals surface area contributed by atoms with Crippen molar-refractivity contribution in [2.75, 3.05) is 5.32 Å². The number of halogens is 1. The van der Waals surface area contributed by atoms with Gasteiger partial charge in [0.15, 0.2) is 5.82 Å². The van der Waals surface area contributed by atoms with E-state index in [2.05, 4.69) is 41.4 Å². The highest BCUT2D eigenvalue weighted by atomic mass is 35.5. The van der Waals surface area contributed by atoms with Crippen LogP contribution in [0.15, 0.2) is 24.3 Å². The van der Waals surface area contributed by atoms with Crippen molar-refractivity contribution < 1.29 is 4.79 Å². The predicted octanol–water partition coefficient (Wildman–Crippen LogP) is 3.50. The molecule has 0 aliphatic heterocycles. The summed E-state index contributed by atoms with van der Waals surface area (Å²) in [5.41, 5.74) is 1.92. The van der Waals surface area contributed by atoms with Gasteiger partial charge in [-0.3, -0.25) is 14.6 Å². The molecule has 1 amide bonds. The van der Waals surface area contributed by atoms with E-state index >= 15 is 0 Å². The topological polar surface area (TPSA) is 75.6 Å². The van der Waals surface area contributed by atoms with Crippen molar-refractivity contribution in [3.63, 3.8) is 0 Å². The molecular formula is C16H18ClN5O. The number of rotatable bonds is 2. The summed E-state index contributed by atoms with van der Waals surface area (Å²) < 4.78 is 1.58. The number of carbonyl (C=O) groups is 1. The number of para-hydroxylation sites is 1. The molecule has 3 rings (SSSR count). The number of anilines is 1. The van der Waals surface area contributed by atoms with Crippen LogP contribution in [0.5, 0.6) is 0 Å². The molecule has 3 aromatic rings. The Morgan fingerprint density at radius 1 is 1.35 bits per heavy atom. The van der Waals surface area contributed by atoms with Crippen LogP contribution in [0.3, 0.4) is 0 Å². The molecule has 6 nitrogen and oxygen atoms in total. The number of H-pyrrole nitrogens is 1. The minimum Gasteiger partial charge on any atom is -0.303 e. The van der Waals surface area contributed by atoms with Gasteiger partial charge in [0, 0.05) is 17.8 Å². The summed E-state index contributed by atoms with van der Waals surface area (Å²) in [7, 11) is 1.75. The third-order valence-electron chi connectivity index (χ3n) is 3.66. The first-order valence-corrected chi connectivity index (χ1v) is 7.63. The average Bonchev–Trinajstić information content (AvgIpc) is 3.04. The molecule has 0 atom stereocenters. The molecule has 2 heterocycles. The van der Waals surface area contributed by atoms with Gasteiger partial charge in [-0.15, -0.1) is 0 Å². The molecule has 0 spiro atoms. The smallest absolute Gasteiger partial charge is 0.275 e. The van der Waals surface area contributed by atoms with E-state index in [1.165, 1.54) is 0 Å². The lowest BCUT2D eigenvalue weighted by atomic mass is 9.92. The summed E-state index contributed by atoms with van der Waals surface area (Å²) >= 11 is 6.10. The second-order valence-electron chi connectivity index (χ2n) is 6.48. The fourth-order valence-electron chi connectivity index (χ4n) is 2.32. The number of aromatic amines is 1. The monoisotopic (exact) mass is 331 g/mol. The van der Waals surface area contributed by atoms with Crippen LogP contribution in [0, 0.1) is 0 Å². The second kappa shape index (κ2) is 5.38. The number of aryl methyl sites for hydroxylation is 1. The van der Waals surface area contributed by atoms with Crippen LogP contribution in [0.4, 0.5) is 5.82 Å². The molecule has 0 radical (unpaired) electrons. The van der Waals surface area contributed by atoms with Crippen molar-refractivity contribution in [2.24, 2.45) is 7.05 Å². The minimum absolute atomic E-state index is 0.122. The first-order valence-electron chi connectivity index (χ1n) is 7.26. The highest BCUT2D eigenvalue weighted by Crippen LogP contribution is 2.27. The van der Waals surface area contributed by atoms with Gasteiger partial charge in [0.05, 0.1) is 16.2 Å². The number of nitrogens with one attached hydrogen (secondary N) is 2. The summed E-state index contributed by atoms with van der Waals surface area (Å²) in [6.45, 7) is 6.17. The maximum absolute atomic E-state index is 12.5. The number of fused-ring (bicyclic) bond motifs is 1. The van der Waals surface area contributed by atoms with Gasteiger partial charge in [-0.1, -0.05) is 38.4 Å². The van der Waals surface area contributed by atoms with Crippen molar-refractivity contribution in [3.05, 3.63) is 40.7 Å². The number of nitrogens with zero attached hydrogens (tertiary/aromatic N) is 3. The molecule has 0 aliphatic rings. The summed E-state index contributed by atoms with van der Waals surface area (Å²) in [6.07, 6.45) is 0. The SMILES string of the molecule is Cn1nc(C(C)(C)C)cc1C(=O)Nc1n[nH]c2c(Cl)cccc12. The number of amides is 1. The number of hydrogen-bond donors (Lipinski definition) is 2. The summed E-state index contributed by atoms with van der Waals surface area (Å²) in [4.78, 5) is 12.5. The fraction of sp³-hybridized carbons (Fsp3) is 0.312. The molecule has 0 unspecified atom stereocenters. The van der Waals surface area contributed by atoms with Crippen LogP contribution < -0.4 is 5.32 Å². The van der Waals surface area contributed by atoms with Gasteiger partial charge in [-0.2, -0.15) is 10.2 Å². The predicted molar refractivity (Wildman–Crippen MR) is 91.0 cm³/mol. The van der Waals surface area contributed by atoms with Gasteiger partial charge in [-0.25, -0.2) is 0 Å². The van der Waals surface area contributed by atoms with Gasteiger partial charge in [0.2, 0.25) is 0 Å². The van der Waals surface area contributed by atoms with Gasteiger partial charge >= 0.3 is 0 Å². The van der Waals surface area contributed by atoms with Crippen molar-refractivity contribution in [2.45, 2.75) is 26.2 Å². The first kappa shape index (κ1) is 15.6. The minimum atomic E-state index is -0.260. The zero-order valence-corrected chi connectivity index (χ0v) is 14.2. The molecule has 2 aromatic heterocycles. The summed E-state index contributed by atoms with van der Waals surface area (Å²) in [5, 5.41) is 15.5. The number of aromatic nitrogens is 4. The highest BCUT2D eigenvalue weighted by molar-refractivity contribution is 6.35. The maximum Gasteiger partial charge on any atom is 0.275 e. The van der Waals surface area contributed by atoms with E-state index in [4.69, 9.17) is 11.6 Å². The van der Waals surface area contributed by atoms with Crippen LogP contribution >= 0.6 is 11.6 Å². The Morgan fingerprint density at radius 3 is 2.74 bits per heavy atom. The Morgan fingerprint density at radius 2 is 2.09 bits per heavy atom. The van der Waals surface area contributed by atoms with E-state index in [0.717, 1.165) is 11.1 Å². The largest absolute Gasteiger partial charge is 0.303 e. The Balaban J connectivity index is 1.92. The maximum atomic E-state index is 12.5. The lowest BCUT2D eigenvalue weighted by molar-refractivity contribution is 0.101. The fourth-order valence-corrected chi connectivity index (χ4v) is 2.54. The third kappa shape index (κ3) is 2.82. The Kier molecular flexibility index (Phi) is 3.64. The molecule has 0 saturated heterocycles. The second-order valence-corrected chi connectivity index (χ2v) is 6.88. The normalized spacial score (nSPS) is 11.9. The van der Waals surface area contributed by atoms with Gasteiger partial charge in [0.1, 0.15) is 5.69 Å². The Bertz CT molecular complexity index is 888. The Labute approximate surface area is 138 Å². The zero-order valence-electron chi connectivity index (χ0n) is 13.4. The average molecular weight is 332 g/mol. The van der Waals surface area contributed by atoms with Crippen LogP contribution in [-0.4, -0.2) is 25.9 Å². The number of carbonyl (C=O) groups excluding carboxylic acids is 1. The van der Waals surface area contributed by atoms with Crippen LogP contribution in [0.1, 0.15) is 37.0 Å². The van der Waals surface area contributed by atoms with Crippen molar-refractivity contribution >= 4 is 34.2 Å². The molecule has 7 heteroatoms. The lowest BCUT2D eigenvalue weighted by Gasteiger charge is -2.13. The van der Waals surface area contributed by atoms with E-state index in [9.17, 15) is 4.79 Å². The first-order chi connectivity index (χ1) is 10.8. The van der Waals surface area contributed by atoms with E-state index in [-0.39, 0.29) is 11.3 Å². The van der Waals surface area contributed by atoms with Crippen LogP contribution in [0.2, 0.25) is 5.02 Å². The molecule has 0 aliphatic carbocycles. The van der Waals surface area contributed by atoms with Crippen LogP contribution in [0.25, 0.3) is 10.9 Å². The van der Waals surface area contributed by atoms with Crippen molar-refractivity contribution in [3.8, 4) is 0 Å². The van der Waals surface area contributed by atoms with Gasteiger partial charge < -0.3 is 5.32 Å². The van der Waals surface area contributed by atoms with E-state index in [1.54, 1.807) is 23.9 Å². The molecule has 0 saturated carbocycles. The third-order valence-corrected chi connectivity index (χ3v) is 3.98. The molecule has 0 fully saturated rings.